The number of anilines is 1. The van der Waals surface area contributed by atoms with E-state index in [0.29, 0.717) is 12.1 Å². The Morgan fingerprint density at radius 1 is 1.26 bits per heavy atom. The van der Waals surface area contributed by atoms with Crippen molar-refractivity contribution < 1.29 is 4.39 Å². The number of fused-ring (bicyclic) bond motifs is 1. The molecule has 2 aromatic heterocycles. The van der Waals surface area contributed by atoms with E-state index in [9.17, 15) is 4.39 Å². The van der Waals surface area contributed by atoms with Crippen LogP contribution in [0.5, 0.6) is 0 Å². The highest BCUT2D eigenvalue weighted by Gasteiger charge is 2.02. The van der Waals surface area contributed by atoms with Crippen molar-refractivity contribution in [1.82, 2.24) is 9.38 Å². The molecular formula is C15H14FN3. The van der Waals surface area contributed by atoms with E-state index in [0.717, 1.165) is 17.0 Å². The fourth-order valence-electron chi connectivity index (χ4n) is 2.02. The maximum Gasteiger partial charge on any atom is 0.137 e. The molecule has 0 fully saturated rings. The molecule has 2 heterocycles. The first-order valence-corrected chi connectivity index (χ1v) is 6.15. The van der Waals surface area contributed by atoms with E-state index < -0.39 is 0 Å². The molecule has 0 bridgehead atoms. The maximum atomic E-state index is 13.2. The smallest absolute Gasteiger partial charge is 0.137 e. The van der Waals surface area contributed by atoms with Gasteiger partial charge >= 0.3 is 0 Å². The van der Waals surface area contributed by atoms with Crippen molar-refractivity contribution >= 4 is 11.3 Å². The Morgan fingerprint density at radius 3 is 2.95 bits per heavy atom. The van der Waals surface area contributed by atoms with Gasteiger partial charge in [0.25, 0.3) is 0 Å². The third-order valence-corrected chi connectivity index (χ3v) is 3.05. The molecular weight excluding hydrogens is 241 g/mol. The standard InChI is InChI=1S/C15H14FN3/c1-11-8-12(5-6-14(11)16)17-9-13-10-19-7-3-2-4-15(19)18-13/h2-8,10,17H,9H2,1H3. The van der Waals surface area contributed by atoms with Crippen LogP contribution in [0.1, 0.15) is 11.3 Å². The molecule has 0 aliphatic carbocycles. The summed E-state index contributed by atoms with van der Waals surface area (Å²) in [6, 6.07) is 10.9. The lowest BCUT2D eigenvalue weighted by atomic mass is 10.2. The Bertz CT molecular complexity index is 685. The number of hydrogen-bond acceptors (Lipinski definition) is 2. The molecule has 0 aliphatic heterocycles. The van der Waals surface area contributed by atoms with Crippen LogP contribution in [0.2, 0.25) is 0 Å². The summed E-state index contributed by atoms with van der Waals surface area (Å²) < 4.78 is 15.1. The van der Waals surface area contributed by atoms with Gasteiger partial charge in [-0.1, -0.05) is 6.07 Å². The lowest BCUT2D eigenvalue weighted by molar-refractivity contribution is 0.618. The first-order chi connectivity index (χ1) is 9.22. The molecule has 0 radical (unpaired) electrons. The molecule has 0 atom stereocenters. The number of hydrogen-bond donors (Lipinski definition) is 1. The van der Waals surface area contributed by atoms with Gasteiger partial charge < -0.3 is 9.72 Å². The fourth-order valence-corrected chi connectivity index (χ4v) is 2.02. The topological polar surface area (TPSA) is 29.3 Å². The van der Waals surface area contributed by atoms with Gasteiger partial charge in [-0.05, 0) is 42.8 Å². The molecule has 1 N–H and O–H groups in total. The fraction of sp³-hybridized carbons (Fsp3) is 0.133. The van der Waals surface area contributed by atoms with Crippen LogP contribution in [0.3, 0.4) is 0 Å². The van der Waals surface area contributed by atoms with Gasteiger partial charge in [0.05, 0.1) is 12.2 Å². The summed E-state index contributed by atoms with van der Waals surface area (Å²) in [4.78, 5) is 4.49. The predicted molar refractivity (Wildman–Crippen MR) is 73.7 cm³/mol. The zero-order valence-corrected chi connectivity index (χ0v) is 10.6. The van der Waals surface area contributed by atoms with E-state index in [1.165, 1.54) is 6.07 Å². The Morgan fingerprint density at radius 2 is 2.16 bits per heavy atom. The minimum absolute atomic E-state index is 0.182. The first-order valence-electron chi connectivity index (χ1n) is 6.15. The van der Waals surface area contributed by atoms with Crippen LogP contribution in [0, 0.1) is 12.7 Å². The quantitative estimate of drug-likeness (QED) is 0.777. The summed E-state index contributed by atoms with van der Waals surface area (Å²) in [7, 11) is 0. The molecule has 0 amide bonds. The highest BCUT2D eigenvalue weighted by molar-refractivity contribution is 5.47. The number of rotatable bonds is 3. The third kappa shape index (κ3) is 2.42. The Balaban J connectivity index is 1.76. The van der Waals surface area contributed by atoms with E-state index in [4.69, 9.17) is 0 Å². The van der Waals surface area contributed by atoms with E-state index >= 15 is 0 Å². The maximum absolute atomic E-state index is 13.2. The zero-order chi connectivity index (χ0) is 13.2. The molecule has 3 nitrogen and oxygen atoms in total. The van der Waals surface area contributed by atoms with Crippen LogP contribution < -0.4 is 5.32 Å². The Hall–Kier alpha value is -2.36. The van der Waals surface area contributed by atoms with E-state index in [1.807, 2.05) is 35.0 Å². The van der Waals surface area contributed by atoms with Gasteiger partial charge in [-0.25, -0.2) is 9.37 Å². The zero-order valence-electron chi connectivity index (χ0n) is 10.6. The second-order valence-corrected chi connectivity index (χ2v) is 4.52. The number of nitrogens with one attached hydrogen (secondary N) is 1. The van der Waals surface area contributed by atoms with Gasteiger partial charge in [0.2, 0.25) is 0 Å². The minimum Gasteiger partial charge on any atom is -0.379 e. The summed E-state index contributed by atoms with van der Waals surface area (Å²) in [5.41, 5.74) is 3.42. The highest BCUT2D eigenvalue weighted by atomic mass is 19.1. The van der Waals surface area contributed by atoms with Crippen molar-refractivity contribution in [2.45, 2.75) is 13.5 Å². The lowest BCUT2D eigenvalue weighted by Gasteiger charge is -2.05. The number of aromatic nitrogens is 2. The SMILES string of the molecule is Cc1cc(NCc2cn3ccccc3n2)ccc1F. The monoisotopic (exact) mass is 255 g/mol. The van der Waals surface area contributed by atoms with Gasteiger partial charge in [-0.2, -0.15) is 0 Å². The molecule has 1 aromatic carbocycles. The molecule has 4 heteroatoms. The van der Waals surface area contributed by atoms with Crippen LogP contribution in [0.25, 0.3) is 5.65 Å². The molecule has 0 saturated heterocycles. The summed E-state index contributed by atoms with van der Waals surface area (Å²) in [6.07, 6.45) is 3.95. The molecule has 3 aromatic rings. The average Bonchev–Trinajstić information content (AvgIpc) is 2.83. The van der Waals surface area contributed by atoms with Crippen LogP contribution >= 0.6 is 0 Å². The van der Waals surface area contributed by atoms with Crippen molar-refractivity contribution in [3.63, 3.8) is 0 Å². The van der Waals surface area contributed by atoms with Crippen molar-refractivity contribution in [3.8, 4) is 0 Å². The van der Waals surface area contributed by atoms with Crippen LogP contribution in [0.15, 0.2) is 48.8 Å². The van der Waals surface area contributed by atoms with Gasteiger partial charge in [0.1, 0.15) is 11.5 Å². The third-order valence-electron chi connectivity index (χ3n) is 3.05. The lowest BCUT2D eigenvalue weighted by Crippen LogP contribution is -2.00. The van der Waals surface area contributed by atoms with Crippen LogP contribution in [-0.2, 0) is 6.54 Å². The largest absolute Gasteiger partial charge is 0.379 e. The normalized spacial score (nSPS) is 10.8. The van der Waals surface area contributed by atoms with E-state index in [-0.39, 0.29) is 5.82 Å². The number of halogens is 1. The van der Waals surface area contributed by atoms with Crippen molar-refractivity contribution in [2.24, 2.45) is 0 Å². The molecule has 0 aliphatic rings. The Labute approximate surface area is 110 Å². The van der Waals surface area contributed by atoms with Crippen LogP contribution in [-0.4, -0.2) is 9.38 Å². The number of pyridine rings is 1. The van der Waals surface area contributed by atoms with Crippen molar-refractivity contribution in [3.05, 3.63) is 65.9 Å². The first kappa shape index (κ1) is 11.7. The molecule has 96 valence electrons. The Kier molecular flexibility index (Phi) is 2.91. The summed E-state index contributed by atoms with van der Waals surface area (Å²) >= 11 is 0. The number of aryl methyl sites for hydroxylation is 1. The van der Waals surface area contributed by atoms with E-state index in [2.05, 4.69) is 10.3 Å². The molecule has 0 saturated carbocycles. The number of benzene rings is 1. The van der Waals surface area contributed by atoms with Gasteiger partial charge in [-0.3, -0.25) is 0 Å². The highest BCUT2D eigenvalue weighted by Crippen LogP contribution is 2.14. The minimum atomic E-state index is -0.182. The van der Waals surface area contributed by atoms with Crippen LogP contribution in [0.4, 0.5) is 10.1 Å². The number of nitrogens with zero attached hydrogens (tertiary/aromatic N) is 2. The second kappa shape index (κ2) is 4.72. The number of imidazole rings is 1. The van der Waals surface area contributed by atoms with Gasteiger partial charge in [0.15, 0.2) is 0 Å². The summed E-state index contributed by atoms with van der Waals surface area (Å²) in [5.74, 6) is -0.182. The van der Waals surface area contributed by atoms with Gasteiger partial charge in [-0.15, -0.1) is 0 Å². The predicted octanol–water partition coefficient (Wildman–Crippen LogP) is 3.39. The summed E-state index contributed by atoms with van der Waals surface area (Å²) in [5, 5.41) is 3.25. The van der Waals surface area contributed by atoms with E-state index in [1.54, 1.807) is 19.1 Å². The van der Waals surface area contributed by atoms with Gasteiger partial charge in [0, 0.05) is 18.1 Å². The molecule has 0 unspecified atom stereocenters. The molecule has 19 heavy (non-hydrogen) atoms. The summed E-state index contributed by atoms with van der Waals surface area (Å²) in [6.45, 7) is 2.37. The van der Waals surface area contributed by atoms with Crippen molar-refractivity contribution in [2.75, 3.05) is 5.32 Å². The average molecular weight is 255 g/mol. The van der Waals surface area contributed by atoms with Crippen molar-refractivity contribution in [1.29, 1.82) is 0 Å². The molecule has 3 rings (SSSR count). The molecule has 0 spiro atoms. The second-order valence-electron chi connectivity index (χ2n) is 4.52.